The maximum atomic E-state index is 9.06. The molecule has 0 amide bonds. The van der Waals surface area contributed by atoms with E-state index in [0.717, 1.165) is 42.0 Å². The fourth-order valence-electron chi connectivity index (χ4n) is 2.50. The molecule has 4 nitrogen and oxygen atoms in total. The monoisotopic (exact) mass is 290 g/mol. The molecule has 1 heterocycles. The summed E-state index contributed by atoms with van der Waals surface area (Å²) in [6, 6.07) is 6.11. The van der Waals surface area contributed by atoms with Crippen molar-refractivity contribution in [3.05, 3.63) is 24.0 Å². The highest BCUT2D eigenvalue weighted by Gasteiger charge is 2.12. The van der Waals surface area contributed by atoms with E-state index in [4.69, 9.17) is 14.8 Å². The van der Waals surface area contributed by atoms with Gasteiger partial charge in [0.2, 0.25) is 0 Å². The third-order valence-corrected chi connectivity index (χ3v) is 3.28. The first-order valence-electron chi connectivity index (χ1n) is 7.78. The van der Waals surface area contributed by atoms with Crippen LogP contribution in [0.5, 0.6) is 5.75 Å². The lowest BCUT2D eigenvalue weighted by molar-refractivity contribution is 0.242. The van der Waals surface area contributed by atoms with Gasteiger partial charge in [-0.3, -0.25) is 0 Å². The van der Waals surface area contributed by atoms with Crippen molar-refractivity contribution < 1.29 is 9.84 Å². The molecular weight excluding hydrogens is 264 g/mol. The van der Waals surface area contributed by atoms with Crippen LogP contribution >= 0.6 is 0 Å². The molecule has 0 unspecified atom stereocenters. The fraction of sp³-hybridized carbons (Fsp3) is 0.588. The molecule has 0 saturated carbocycles. The lowest BCUT2D eigenvalue weighted by atomic mass is 10.2. The molecular formula is C17H26N2O2. The number of benzene rings is 1. The van der Waals surface area contributed by atoms with Crippen LogP contribution in [-0.2, 0) is 13.0 Å². The number of rotatable bonds is 7. The Hall–Kier alpha value is -1.55. The maximum absolute atomic E-state index is 9.06. The lowest BCUT2D eigenvalue weighted by Crippen LogP contribution is -2.09. The Bertz CT molecular complexity index is 588. The summed E-state index contributed by atoms with van der Waals surface area (Å²) in [5.41, 5.74) is 2.12. The summed E-state index contributed by atoms with van der Waals surface area (Å²) in [6.07, 6.45) is 1.71. The number of aliphatic hydroxyl groups is 1. The van der Waals surface area contributed by atoms with Gasteiger partial charge in [-0.05, 0) is 38.3 Å². The van der Waals surface area contributed by atoms with Gasteiger partial charge in [-0.2, -0.15) is 0 Å². The van der Waals surface area contributed by atoms with Crippen molar-refractivity contribution in [2.75, 3.05) is 6.61 Å². The van der Waals surface area contributed by atoms with Gasteiger partial charge in [0.15, 0.2) is 0 Å². The lowest BCUT2D eigenvalue weighted by Gasteiger charge is -2.12. The van der Waals surface area contributed by atoms with Crippen molar-refractivity contribution in [1.29, 1.82) is 0 Å². The number of hydrogen-bond acceptors (Lipinski definition) is 3. The predicted octanol–water partition coefficient (Wildman–Crippen LogP) is 3.40. The van der Waals surface area contributed by atoms with Gasteiger partial charge in [-0.15, -0.1) is 0 Å². The first-order chi connectivity index (χ1) is 10.0. The zero-order valence-corrected chi connectivity index (χ0v) is 13.5. The standard InChI is InChI=1S/C17H26N2O2/c1-12(2)11-19-16-8-7-14(21-13(3)4)10-15(16)18-17(19)6-5-9-20/h7-8,10,12-13,20H,5-6,9,11H2,1-4H3. The third kappa shape index (κ3) is 3.97. The van der Waals surface area contributed by atoms with E-state index in [9.17, 15) is 0 Å². The Balaban J connectivity index is 2.40. The molecule has 0 radical (unpaired) electrons. The molecule has 0 saturated heterocycles. The van der Waals surface area contributed by atoms with Crippen LogP contribution in [0.4, 0.5) is 0 Å². The van der Waals surface area contributed by atoms with E-state index in [-0.39, 0.29) is 12.7 Å². The SMILES string of the molecule is CC(C)Cn1c(CCCO)nc2cc(OC(C)C)ccc21. The molecule has 0 atom stereocenters. The fourth-order valence-corrected chi connectivity index (χ4v) is 2.50. The van der Waals surface area contributed by atoms with Crippen LogP contribution in [0.15, 0.2) is 18.2 Å². The predicted molar refractivity (Wildman–Crippen MR) is 85.7 cm³/mol. The zero-order chi connectivity index (χ0) is 15.4. The maximum Gasteiger partial charge on any atom is 0.121 e. The minimum absolute atomic E-state index is 0.161. The second-order valence-electron chi connectivity index (χ2n) is 6.18. The van der Waals surface area contributed by atoms with Crippen LogP contribution in [0.1, 0.15) is 39.9 Å². The van der Waals surface area contributed by atoms with Crippen molar-refractivity contribution in [3.8, 4) is 5.75 Å². The molecule has 1 aromatic heterocycles. The summed E-state index contributed by atoms with van der Waals surface area (Å²) >= 11 is 0. The van der Waals surface area contributed by atoms with Crippen LogP contribution in [0.2, 0.25) is 0 Å². The van der Waals surface area contributed by atoms with Gasteiger partial charge < -0.3 is 14.4 Å². The Morgan fingerprint density at radius 3 is 2.62 bits per heavy atom. The molecule has 1 N–H and O–H groups in total. The minimum atomic E-state index is 0.161. The molecule has 21 heavy (non-hydrogen) atoms. The number of fused-ring (bicyclic) bond motifs is 1. The number of imidazole rings is 1. The second kappa shape index (κ2) is 6.94. The van der Waals surface area contributed by atoms with Crippen molar-refractivity contribution in [3.63, 3.8) is 0 Å². The van der Waals surface area contributed by atoms with E-state index in [0.29, 0.717) is 5.92 Å². The molecule has 0 aliphatic rings. The first kappa shape index (κ1) is 15.8. The molecule has 0 aliphatic heterocycles. The van der Waals surface area contributed by atoms with Crippen molar-refractivity contribution in [2.45, 2.75) is 53.2 Å². The van der Waals surface area contributed by atoms with Crippen LogP contribution in [-0.4, -0.2) is 27.4 Å². The summed E-state index contributed by atoms with van der Waals surface area (Å²) in [5.74, 6) is 2.47. The minimum Gasteiger partial charge on any atom is -0.491 e. The summed E-state index contributed by atoms with van der Waals surface area (Å²) in [4.78, 5) is 4.74. The molecule has 2 rings (SSSR count). The Kier molecular flexibility index (Phi) is 5.23. The average Bonchev–Trinajstić information content (AvgIpc) is 2.72. The van der Waals surface area contributed by atoms with E-state index < -0.39 is 0 Å². The number of aryl methyl sites for hydroxylation is 1. The number of ether oxygens (including phenoxy) is 1. The highest BCUT2D eigenvalue weighted by Crippen LogP contribution is 2.24. The van der Waals surface area contributed by atoms with Gasteiger partial charge in [-0.25, -0.2) is 4.98 Å². The van der Waals surface area contributed by atoms with Crippen LogP contribution in [0, 0.1) is 5.92 Å². The van der Waals surface area contributed by atoms with Gasteiger partial charge in [0.1, 0.15) is 11.6 Å². The highest BCUT2D eigenvalue weighted by atomic mass is 16.5. The van der Waals surface area contributed by atoms with Gasteiger partial charge in [0, 0.05) is 25.6 Å². The summed E-state index contributed by atoms with van der Waals surface area (Å²) in [6.45, 7) is 9.60. The molecule has 116 valence electrons. The van der Waals surface area contributed by atoms with E-state index in [1.54, 1.807) is 0 Å². The summed E-state index contributed by atoms with van der Waals surface area (Å²) < 4.78 is 8.02. The number of hydrogen-bond donors (Lipinski definition) is 1. The van der Waals surface area contributed by atoms with E-state index in [1.807, 2.05) is 26.0 Å². The Morgan fingerprint density at radius 1 is 1.24 bits per heavy atom. The summed E-state index contributed by atoms with van der Waals surface area (Å²) in [5, 5.41) is 9.06. The third-order valence-electron chi connectivity index (χ3n) is 3.28. The molecule has 0 aliphatic carbocycles. The number of aromatic nitrogens is 2. The first-order valence-corrected chi connectivity index (χ1v) is 7.78. The van der Waals surface area contributed by atoms with Crippen LogP contribution in [0.25, 0.3) is 11.0 Å². The van der Waals surface area contributed by atoms with Gasteiger partial charge in [0.05, 0.1) is 17.1 Å². The Labute approximate surface area is 126 Å². The molecule has 0 bridgehead atoms. The van der Waals surface area contributed by atoms with Gasteiger partial charge in [-0.1, -0.05) is 13.8 Å². The normalized spacial score (nSPS) is 11.8. The highest BCUT2D eigenvalue weighted by molar-refractivity contribution is 5.77. The van der Waals surface area contributed by atoms with Crippen molar-refractivity contribution in [2.24, 2.45) is 5.92 Å². The quantitative estimate of drug-likeness (QED) is 0.850. The average molecular weight is 290 g/mol. The smallest absolute Gasteiger partial charge is 0.121 e. The van der Waals surface area contributed by atoms with Gasteiger partial charge >= 0.3 is 0 Å². The Morgan fingerprint density at radius 2 is 2.00 bits per heavy atom. The molecule has 2 aromatic rings. The van der Waals surface area contributed by atoms with E-state index in [2.05, 4.69) is 24.5 Å². The summed E-state index contributed by atoms with van der Waals surface area (Å²) in [7, 11) is 0. The number of aliphatic hydroxyl groups excluding tert-OH is 1. The second-order valence-corrected chi connectivity index (χ2v) is 6.18. The molecule has 0 fully saturated rings. The van der Waals surface area contributed by atoms with E-state index >= 15 is 0 Å². The van der Waals surface area contributed by atoms with Crippen molar-refractivity contribution in [1.82, 2.24) is 9.55 Å². The van der Waals surface area contributed by atoms with Crippen molar-refractivity contribution >= 4 is 11.0 Å². The van der Waals surface area contributed by atoms with Gasteiger partial charge in [0.25, 0.3) is 0 Å². The number of nitrogens with zero attached hydrogens (tertiary/aromatic N) is 2. The van der Waals surface area contributed by atoms with Crippen LogP contribution in [0.3, 0.4) is 0 Å². The zero-order valence-electron chi connectivity index (χ0n) is 13.5. The molecule has 0 spiro atoms. The van der Waals surface area contributed by atoms with Crippen LogP contribution < -0.4 is 4.74 Å². The van der Waals surface area contributed by atoms with E-state index in [1.165, 1.54) is 0 Å². The largest absolute Gasteiger partial charge is 0.491 e. The molecule has 1 aromatic carbocycles. The topological polar surface area (TPSA) is 47.3 Å². The molecule has 4 heteroatoms.